The smallest absolute Gasteiger partial charge is 0.156 e. The van der Waals surface area contributed by atoms with E-state index in [0.717, 1.165) is 41.7 Å². The maximum atomic E-state index is 11.0. The van der Waals surface area contributed by atoms with Crippen LogP contribution in [-0.4, -0.2) is 25.9 Å². The van der Waals surface area contributed by atoms with Crippen molar-refractivity contribution in [2.75, 3.05) is 19.6 Å². The van der Waals surface area contributed by atoms with Crippen molar-refractivity contribution in [3.8, 4) is 0 Å². The molecule has 0 bridgehead atoms. The molecule has 0 aliphatic rings. The monoisotopic (exact) mass is 206 g/mol. The Bertz CT molecular complexity index is 321. The number of carbonyl (C=O) groups is 1. The molecule has 1 aromatic carbocycles. The zero-order valence-electron chi connectivity index (χ0n) is 9.86. The first-order valence-electron chi connectivity index (χ1n) is 5.65. The maximum Gasteiger partial charge on any atom is 0.156 e. The molecule has 0 aliphatic heterocycles. The van der Waals surface area contributed by atoms with Crippen molar-refractivity contribution >= 4 is 12.0 Å². The second kappa shape index (κ2) is 5.08. The number of aldehydes is 1. The molecule has 0 aliphatic carbocycles. The fraction of sp³-hybridized carbons (Fsp3) is 0.462. The first kappa shape index (κ1) is 11.9. The predicted molar refractivity (Wildman–Crippen MR) is 65.2 cm³/mol. The number of rotatable bonds is 5. The molecule has 0 saturated heterocycles. The standard InChI is InChI=1S/C13H20NO/c1-4-14(5-2,6-3)13-10-8-7-9-12(13)11-15/h7-11H,4-6H2,1-3H3/q+1. The van der Waals surface area contributed by atoms with Gasteiger partial charge in [-0.2, -0.15) is 0 Å². The average molecular weight is 206 g/mol. The van der Waals surface area contributed by atoms with E-state index >= 15 is 0 Å². The van der Waals surface area contributed by atoms with Gasteiger partial charge < -0.3 is 0 Å². The van der Waals surface area contributed by atoms with Gasteiger partial charge in [-0.05, 0) is 32.9 Å². The Morgan fingerprint density at radius 1 is 1.07 bits per heavy atom. The van der Waals surface area contributed by atoms with Crippen molar-refractivity contribution in [1.29, 1.82) is 0 Å². The molecule has 0 amide bonds. The minimum Gasteiger partial charge on any atom is -0.298 e. The number of hydrogen-bond donors (Lipinski definition) is 0. The third kappa shape index (κ3) is 2.10. The summed E-state index contributed by atoms with van der Waals surface area (Å²) in [5, 5.41) is 0. The van der Waals surface area contributed by atoms with Crippen LogP contribution >= 0.6 is 0 Å². The Labute approximate surface area is 92.1 Å². The fourth-order valence-electron chi connectivity index (χ4n) is 2.20. The quantitative estimate of drug-likeness (QED) is 0.535. The molecule has 1 rings (SSSR count). The van der Waals surface area contributed by atoms with Gasteiger partial charge in [0.1, 0.15) is 5.69 Å². The van der Waals surface area contributed by atoms with Crippen LogP contribution in [0.1, 0.15) is 31.1 Å². The summed E-state index contributed by atoms with van der Waals surface area (Å²) in [6.07, 6.45) is 0.962. The van der Waals surface area contributed by atoms with Gasteiger partial charge in [-0.3, -0.25) is 9.28 Å². The molecule has 0 radical (unpaired) electrons. The van der Waals surface area contributed by atoms with Gasteiger partial charge in [-0.25, -0.2) is 0 Å². The number of benzene rings is 1. The lowest BCUT2D eigenvalue weighted by atomic mass is 10.1. The normalized spacial score (nSPS) is 11.4. The highest BCUT2D eigenvalue weighted by atomic mass is 16.1. The molecule has 0 spiro atoms. The van der Waals surface area contributed by atoms with Crippen molar-refractivity contribution < 1.29 is 4.79 Å². The molecule has 2 heteroatoms. The highest BCUT2D eigenvalue weighted by molar-refractivity contribution is 5.83. The lowest BCUT2D eigenvalue weighted by Crippen LogP contribution is -2.49. The Morgan fingerprint density at radius 3 is 2.07 bits per heavy atom. The van der Waals surface area contributed by atoms with Crippen molar-refractivity contribution in [3.05, 3.63) is 29.8 Å². The van der Waals surface area contributed by atoms with Crippen LogP contribution in [0.2, 0.25) is 0 Å². The molecule has 0 aromatic heterocycles. The van der Waals surface area contributed by atoms with Crippen molar-refractivity contribution in [2.24, 2.45) is 0 Å². The zero-order valence-corrected chi connectivity index (χ0v) is 9.86. The molecule has 0 saturated carbocycles. The van der Waals surface area contributed by atoms with E-state index in [1.165, 1.54) is 0 Å². The van der Waals surface area contributed by atoms with Crippen LogP contribution in [0, 0.1) is 0 Å². The van der Waals surface area contributed by atoms with Crippen molar-refractivity contribution in [3.63, 3.8) is 0 Å². The van der Waals surface area contributed by atoms with E-state index < -0.39 is 0 Å². The summed E-state index contributed by atoms with van der Waals surface area (Å²) in [6, 6.07) is 7.90. The summed E-state index contributed by atoms with van der Waals surface area (Å²) in [4.78, 5) is 11.0. The van der Waals surface area contributed by atoms with Crippen molar-refractivity contribution in [2.45, 2.75) is 20.8 Å². The molecule has 0 N–H and O–H groups in total. The van der Waals surface area contributed by atoms with Crippen LogP contribution in [0.3, 0.4) is 0 Å². The molecular formula is C13H20NO+. The van der Waals surface area contributed by atoms with Gasteiger partial charge in [-0.1, -0.05) is 12.1 Å². The summed E-state index contributed by atoms with van der Waals surface area (Å²) in [7, 11) is 0. The van der Waals surface area contributed by atoms with Crippen LogP contribution in [-0.2, 0) is 0 Å². The molecule has 15 heavy (non-hydrogen) atoms. The lowest BCUT2D eigenvalue weighted by molar-refractivity contribution is 0.112. The van der Waals surface area contributed by atoms with Crippen LogP contribution in [0.25, 0.3) is 0 Å². The maximum absolute atomic E-state index is 11.0. The first-order chi connectivity index (χ1) is 7.24. The van der Waals surface area contributed by atoms with E-state index in [1.807, 2.05) is 18.2 Å². The van der Waals surface area contributed by atoms with Gasteiger partial charge in [0, 0.05) is 0 Å². The van der Waals surface area contributed by atoms with Crippen LogP contribution < -0.4 is 4.48 Å². The SMILES string of the molecule is CC[N+](CC)(CC)c1ccccc1C=O. The van der Waals surface area contributed by atoms with E-state index in [1.54, 1.807) is 0 Å². The van der Waals surface area contributed by atoms with Crippen molar-refractivity contribution in [1.82, 2.24) is 4.48 Å². The number of para-hydroxylation sites is 1. The van der Waals surface area contributed by atoms with Crippen LogP contribution in [0.15, 0.2) is 24.3 Å². The second-order valence-electron chi connectivity index (χ2n) is 3.77. The number of quaternary nitrogens is 1. The summed E-state index contributed by atoms with van der Waals surface area (Å²) >= 11 is 0. The van der Waals surface area contributed by atoms with E-state index in [4.69, 9.17) is 0 Å². The van der Waals surface area contributed by atoms with Gasteiger partial charge in [-0.15, -0.1) is 0 Å². The number of nitrogens with zero attached hydrogens (tertiary/aromatic N) is 1. The third-order valence-electron chi connectivity index (χ3n) is 3.39. The van der Waals surface area contributed by atoms with Gasteiger partial charge in [0.05, 0.1) is 25.2 Å². The van der Waals surface area contributed by atoms with Crippen LogP contribution in [0.5, 0.6) is 0 Å². The van der Waals surface area contributed by atoms with E-state index in [2.05, 4.69) is 26.8 Å². The molecule has 0 atom stereocenters. The second-order valence-corrected chi connectivity index (χ2v) is 3.77. The minimum absolute atomic E-state index is 0.822. The van der Waals surface area contributed by atoms with Gasteiger partial charge in [0.25, 0.3) is 0 Å². The largest absolute Gasteiger partial charge is 0.298 e. The van der Waals surface area contributed by atoms with E-state index in [9.17, 15) is 4.79 Å². The van der Waals surface area contributed by atoms with E-state index in [-0.39, 0.29) is 0 Å². The molecule has 0 heterocycles. The summed E-state index contributed by atoms with van der Waals surface area (Å²) in [5.74, 6) is 0. The minimum atomic E-state index is 0.822. The molecule has 82 valence electrons. The molecule has 2 nitrogen and oxygen atoms in total. The Balaban J connectivity index is 3.27. The highest BCUT2D eigenvalue weighted by Crippen LogP contribution is 2.25. The Hall–Kier alpha value is -1.15. The summed E-state index contributed by atoms with van der Waals surface area (Å²) < 4.78 is 0.884. The zero-order chi connectivity index (χ0) is 11.3. The third-order valence-corrected chi connectivity index (χ3v) is 3.39. The average Bonchev–Trinajstić information content (AvgIpc) is 2.33. The van der Waals surface area contributed by atoms with Gasteiger partial charge in [0.2, 0.25) is 0 Å². The first-order valence-corrected chi connectivity index (χ1v) is 5.65. The van der Waals surface area contributed by atoms with E-state index in [0.29, 0.717) is 0 Å². The summed E-state index contributed by atoms with van der Waals surface area (Å²) in [6.45, 7) is 9.60. The lowest BCUT2D eigenvalue weighted by Gasteiger charge is -2.36. The molecular weight excluding hydrogens is 186 g/mol. The predicted octanol–water partition coefficient (Wildman–Crippen LogP) is 2.87. The van der Waals surface area contributed by atoms with Gasteiger partial charge in [0.15, 0.2) is 6.29 Å². The highest BCUT2D eigenvalue weighted by Gasteiger charge is 2.26. The molecule has 0 unspecified atom stereocenters. The fourth-order valence-corrected chi connectivity index (χ4v) is 2.20. The summed E-state index contributed by atoms with van der Waals surface area (Å²) in [5.41, 5.74) is 1.98. The Kier molecular flexibility index (Phi) is 4.04. The topological polar surface area (TPSA) is 17.1 Å². The van der Waals surface area contributed by atoms with Gasteiger partial charge >= 0.3 is 0 Å². The number of carbonyl (C=O) groups excluding carboxylic acids is 1. The Morgan fingerprint density at radius 2 is 1.60 bits per heavy atom. The molecule has 0 fully saturated rings. The molecule has 1 aromatic rings. The number of hydrogen-bond acceptors (Lipinski definition) is 1. The van der Waals surface area contributed by atoms with Crippen LogP contribution in [0.4, 0.5) is 5.69 Å².